The molecule has 1 heterocycles. The van der Waals surface area contributed by atoms with Crippen LogP contribution in [0.1, 0.15) is 43.1 Å². The molecule has 0 bridgehead atoms. The van der Waals surface area contributed by atoms with Gasteiger partial charge in [0.1, 0.15) is 5.82 Å². The molecule has 132 valence electrons. The van der Waals surface area contributed by atoms with Crippen molar-refractivity contribution in [1.82, 2.24) is 14.9 Å². The second-order valence-corrected chi connectivity index (χ2v) is 6.16. The molecule has 7 heteroatoms. The number of carbonyl (C=O) groups excluding carboxylic acids is 2. The van der Waals surface area contributed by atoms with Crippen LogP contribution in [0.3, 0.4) is 0 Å². The minimum absolute atomic E-state index is 0.165. The highest BCUT2D eigenvalue weighted by Crippen LogP contribution is 2.18. The Bertz CT molecular complexity index is 751. The highest BCUT2D eigenvalue weighted by atomic mass is 19.1. The first-order chi connectivity index (χ1) is 12.0. The standard InChI is InChI=1S/C18H20FN3O3/c1-12(17(23)21-14-4-2-3-5-14)25-18(24)16-10-20-11-22(16)15-8-6-13(19)7-9-15/h6-12,14H,2-5H2,1H3,(H,21,23). The van der Waals surface area contributed by atoms with Crippen molar-refractivity contribution in [3.05, 3.63) is 48.3 Å². The molecule has 1 saturated carbocycles. The monoisotopic (exact) mass is 345 g/mol. The summed E-state index contributed by atoms with van der Waals surface area (Å²) in [6.07, 6.45) is 6.03. The molecule has 1 aliphatic rings. The fourth-order valence-corrected chi connectivity index (χ4v) is 2.92. The van der Waals surface area contributed by atoms with Crippen LogP contribution in [0.2, 0.25) is 0 Å². The lowest BCUT2D eigenvalue weighted by Crippen LogP contribution is -2.41. The first-order valence-electron chi connectivity index (χ1n) is 8.34. The first-order valence-corrected chi connectivity index (χ1v) is 8.34. The van der Waals surface area contributed by atoms with Gasteiger partial charge in [0.15, 0.2) is 11.8 Å². The molecule has 25 heavy (non-hydrogen) atoms. The van der Waals surface area contributed by atoms with Crippen LogP contribution >= 0.6 is 0 Å². The van der Waals surface area contributed by atoms with Crippen molar-refractivity contribution in [3.8, 4) is 5.69 Å². The van der Waals surface area contributed by atoms with E-state index < -0.39 is 12.1 Å². The van der Waals surface area contributed by atoms with E-state index in [4.69, 9.17) is 4.74 Å². The molecule has 0 saturated heterocycles. The normalized spacial score (nSPS) is 15.8. The Kier molecular flexibility index (Phi) is 5.11. The maximum absolute atomic E-state index is 13.1. The molecule has 1 amide bonds. The van der Waals surface area contributed by atoms with E-state index in [0.29, 0.717) is 5.69 Å². The SMILES string of the molecule is CC(OC(=O)c1cncn1-c1ccc(F)cc1)C(=O)NC1CCCC1. The maximum atomic E-state index is 13.1. The number of hydrogen-bond donors (Lipinski definition) is 1. The van der Waals surface area contributed by atoms with Crippen LogP contribution in [0.15, 0.2) is 36.8 Å². The molecule has 1 N–H and O–H groups in total. The van der Waals surface area contributed by atoms with Crippen LogP contribution in [-0.2, 0) is 9.53 Å². The third kappa shape index (κ3) is 4.04. The minimum Gasteiger partial charge on any atom is -0.448 e. The lowest BCUT2D eigenvalue weighted by Gasteiger charge is -2.17. The summed E-state index contributed by atoms with van der Waals surface area (Å²) in [5, 5.41) is 2.90. The van der Waals surface area contributed by atoms with E-state index in [0.717, 1.165) is 25.7 Å². The second kappa shape index (κ2) is 7.46. The van der Waals surface area contributed by atoms with Gasteiger partial charge in [-0.1, -0.05) is 12.8 Å². The van der Waals surface area contributed by atoms with E-state index in [1.54, 1.807) is 6.92 Å². The number of benzene rings is 1. The zero-order valence-electron chi connectivity index (χ0n) is 13.9. The molecule has 6 nitrogen and oxygen atoms in total. The average molecular weight is 345 g/mol. The molecule has 0 radical (unpaired) electrons. The van der Waals surface area contributed by atoms with Crippen molar-refractivity contribution >= 4 is 11.9 Å². The summed E-state index contributed by atoms with van der Waals surface area (Å²) in [5.74, 6) is -1.32. The number of halogens is 1. The van der Waals surface area contributed by atoms with Gasteiger partial charge in [0.05, 0.1) is 12.5 Å². The zero-order chi connectivity index (χ0) is 17.8. The Morgan fingerprint density at radius 2 is 1.96 bits per heavy atom. The van der Waals surface area contributed by atoms with Crippen molar-refractivity contribution in [2.45, 2.75) is 44.8 Å². The van der Waals surface area contributed by atoms with Gasteiger partial charge in [-0.25, -0.2) is 14.2 Å². The fraction of sp³-hybridized carbons (Fsp3) is 0.389. The van der Waals surface area contributed by atoms with E-state index in [-0.39, 0.29) is 23.5 Å². The molecular weight excluding hydrogens is 325 g/mol. The van der Waals surface area contributed by atoms with Gasteiger partial charge in [0.25, 0.3) is 5.91 Å². The van der Waals surface area contributed by atoms with Crippen LogP contribution < -0.4 is 5.32 Å². The number of rotatable bonds is 5. The number of imidazole rings is 1. The largest absolute Gasteiger partial charge is 0.448 e. The molecule has 3 rings (SSSR count). The van der Waals surface area contributed by atoms with Gasteiger partial charge in [-0.2, -0.15) is 0 Å². The summed E-state index contributed by atoms with van der Waals surface area (Å²) in [7, 11) is 0. The minimum atomic E-state index is -0.898. The molecule has 0 aliphatic heterocycles. The summed E-state index contributed by atoms with van der Waals surface area (Å²) in [5.41, 5.74) is 0.751. The number of nitrogens with zero attached hydrogens (tertiary/aromatic N) is 2. The van der Waals surface area contributed by atoms with Crippen LogP contribution in [0.25, 0.3) is 5.69 Å². The van der Waals surface area contributed by atoms with E-state index in [2.05, 4.69) is 10.3 Å². The quantitative estimate of drug-likeness (QED) is 0.846. The first kappa shape index (κ1) is 17.1. The van der Waals surface area contributed by atoms with Crippen LogP contribution in [0, 0.1) is 5.82 Å². The number of aromatic nitrogens is 2. The number of carbonyl (C=O) groups is 2. The Labute approximate surface area is 145 Å². The number of hydrogen-bond acceptors (Lipinski definition) is 4. The molecule has 1 fully saturated rings. The molecule has 1 unspecified atom stereocenters. The van der Waals surface area contributed by atoms with Gasteiger partial charge in [-0.3, -0.25) is 9.36 Å². The lowest BCUT2D eigenvalue weighted by molar-refractivity contribution is -0.129. The van der Waals surface area contributed by atoms with E-state index >= 15 is 0 Å². The van der Waals surface area contributed by atoms with Crippen LogP contribution in [-0.4, -0.2) is 33.6 Å². The second-order valence-electron chi connectivity index (χ2n) is 6.16. The predicted molar refractivity (Wildman–Crippen MR) is 88.8 cm³/mol. The number of nitrogens with one attached hydrogen (secondary N) is 1. The molecule has 0 spiro atoms. The van der Waals surface area contributed by atoms with Gasteiger partial charge >= 0.3 is 5.97 Å². The Hall–Kier alpha value is -2.70. The summed E-state index contributed by atoms with van der Waals surface area (Å²) in [6, 6.07) is 5.82. The Morgan fingerprint density at radius 3 is 2.64 bits per heavy atom. The van der Waals surface area contributed by atoms with E-state index in [9.17, 15) is 14.0 Å². The average Bonchev–Trinajstić information content (AvgIpc) is 3.26. The number of esters is 1. The lowest BCUT2D eigenvalue weighted by atomic mass is 10.2. The highest BCUT2D eigenvalue weighted by Gasteiger charge is 2.25. The Balaban J connectivity index is 1.66. The van der Waals surface area contributed by atoms with Crippen LogP contribution in [0.5, 0.6) is 0 Å². The smallest absolute Gasteiger partial charge is 0.357 e. The summed E-state index contributed by atoms with van der Waals surface area (Å²) in [6.45, 7) is 1.54. The van der Waals surface area contributed by atoms with Crippen molar-refractivity contribution in [3.63, 3.8) is 0 Å². The third-order valence-electron chi connectivity index (χ3n) is 4.31. The van der Waals surface area contributed by atoms with Gasteiger partial charge in [0, 0.05) is 11.7 Å². The molecule has 1 atom stereocenters. The molecular formula is C18H20FN3O3. The van der Waals surface area contributed by atoms with Crippen molar-refractivity contribution < 1.29 is 18.7 Å². The van der Waals surface area contributed by atoms with Gasteiger partial charge < -0.3 is 10.1 Å². The number of ether oxygens (including phenoxy) is 1. The highest BCUT2D eigenvalue weighted by molar-refractivity contribution is 5.91. The summed E-state index contributed by atoms with van der Waals surface area (Å²) in [4.78, 5) is 28.5. The molecule has 1 aromatic carbocycles. The molecule has 2 aromatic rings. The molecule has 1 aromatic heterocycles. The fourth-order valence-electron chi connectivity index (χ4n) is 2.92. The zero-order valence-corrected chi connectivity index (χ0v) is 13.9. The topological polar surface area (TPSA) is 73.2 Å². The van der Waals surface area contributed by atoms with Gasteiger partial charge in [-0.05, 0) is 44.0 Å². The van der Waals surface area contributed by atoms with Gasteiger partial charge in [-0.15, -0.1) is 0 Å². The third-order valence-corrected chi connectivity index (χ3v) is 4.31. The molecule has 1 aliphatic carbocycles. The van der Waals surface area contributed by atoms with Crippen molar-refractivity contribution in [1.29, 1.82) is 0 Å². The van der Waals surface area contributed by atoms with Crippen molar-refractivity contribution in [2.24, 2.45) is 0 Å². The number of amides is 1. The van der Waals surface area contributed by atoms with Gasteiger partial charge in [0.2, 0.25) is 0 Å². The predicted octanol–water partition coefficient (Wildman–Crippen LogP) is 2.62. The summed E-state index contributed by atoms with van der Waals surface area (Å²) >= 11 is 0. The maximum Gasteiger partial charge on any atom is 0.357 e. The van der Waals surface area contributed by atoms with E-state index in [1.165, 1.54) is 41.4 Å². The van der Waals surface area contributed by atoms with Crippen molar-refractivity contribution in [2.75, 3.05) is 0 Å². The summed E-state index contributed by atoms with van der Waals surface area (Å²) < 4.78 is 19.8. The van der Waals surface area contributed by atoms with Crippen LogP contribution in [0.4, 0.5) is 4.39 Å². The Morgan fingerprint density at radius 1 is 1.28 bits per heavy atom. The van der Waals surface area contributed by atoms with E-state index in [1.807, 2.05) is 0 Å².